The maximum atomic E-state index is 4.11. The zero-order chi connectivity index (χ0) is 12.1. The van der Waals surface area contributed by atoms with E-state index in [-0.39, 0.29) is 12.4 Å². The SMILES string of the molecule is CN(C)CC1CCCCC=C1c1ccncc1.Cl. The zero-order valence-corrected chi connectivity index (χ0v) is 12.1. The Labute approximate surface area is 117 Å². The van der Waals surface area contributed by atoms with E-state index >= 15 is 0 Å². The highest BCUT2D eigenvalue weighted by atomic mass is 35.5. The fraction of sp³-hybridized carbons (Fsp3) is 0.533. The van der Waals surface area contributed by atoms with Gasteiger partial charge in [0.2, 0.25) is 0 Å². The van der Waals surface area contributed by atoms with Crippen molar-refractivity contribution in [1.82, 2.24) is 9.88 Å². The van der Waals surface area contributed by atoms with Crippen LogP contribution in [0.1, 0.15) is 31.2 Å². The summed E-state index contributed by atoms with van der Waals surface area (Å²) >= 11 is 0. The van der Waals surface area contributed by atoms with Gasteiger partial charge >= 0.3 is 0 Å². The standard InChI is InChI=1S/C15H22N2.ClH/c1-17(2)12-14-6-4-3-5-7-15(14)13-8-10-16-11-9-13;/h7-11,14H,3-6,12H2,1-2H3;1H. The summed E-state index contributed by atoms with van der Waals surface area (Å²) in [6.45, 7) is 1.15. The van der Waals surface area contributed by atoms with Crippen LogP contribution in [0.4, 0.5) is 0 Å². The zero-order valence-electron chi connectivity index (χ0n) is 11.3. The number of rotatable bonds is 3. The van der Waals surface area contributed by atoms with Gasteiger partial charge in [-0.15, -0.1) is 12.4 Å². The third-order valence-electron chi connectivity index (χ3n) is 3.41. The topological polar surface area (TPSA) is 16.1 Å². The van der Waals surface area contributed by atoms with Crippen molar-refractivity contribution in [3.8, 4) is 0 Å². The molecule has 0 bridgehead atoms. The average molecular weight is 267 g/mol. The first-order chi connectivity index (χ1) is 8.27. The Hall–Kier alpha value is -0.860. The van der Waals surface area contributed by atoms with Gasteiger partial charge in [0.25, 0.3) is 0 Å². The number of hydrogen-bond acceptors (Lipinski definition) is 2. The second-order valence-electron chi connectivity index (χ2n) is 5.14. The van der Waals surface area contributed by atoms with E-state index in [0.717, 1.165) is 6.54 Å². The van der Waals surface area contributed by atoms with Crippen molar-refractivity contribution < 1.29 is 0 Å². The monoisotopic (exact) mass is 266 g/mol. The van der Waals surface area contributed by atoms with E-state index in [1.165, 1.54) is 36.8 Å². The molecule has 0 N–H and O–H groups in total. The molecule has 18 heavy (non-hydrogen) atoms. The van der Waals surface area contributed by atoms with E-state index in [1.807, 2.05) is 12.4 Å². The number of halogens is 1. The Morgan fingerprint density at radius 3 is 2.61 bits per heavy atom. The van der Waals surface area contributed by atoms with Gasteiger partial charge in [0.05, 0.1) is 0 Å². The van der Waals surface area contributed by atoms with Crippen LogP contribution in [0.3, 0.4) is 0 Å². The van der Waals surface area contributed by atoms with E-state index in [2.05, 4.69) is 42.2 Å². The number of allylic oxidation sites excluding steroid dienone is 1. The van der Waals surface area contributed by atoms with E-state index in [1.54, 1.807) is 0 Å². The highest BCUT2D eigenvalue weighted by molar-refractivity contribution is 5.85. The molecule has 0 radical (unpaired) electrons. The third-order valence-corrected chi connectivity index (χ3v) is 3.41. The first-order valence-electron chi connectivity index (χ1n) is 6.52. The first kappa shape index (κ1) is 15.2. The minimum absolute atomic E-state index is 0. The lowest BCUT2D eigenvalue weighted by Crippen LogP contribution is -2.22. The molecule has 1 aliphatic carbocycles. The van der Waals surface area contributed by atoms with E-state index in [9.17, 15) is 0 Å². The molecule has 0 saturated heterocycles. The van der Waals surface area contributed by atoms with Gasteiger partial charge < -0.3 is 4.90 Å². The largest absolute Gasteiger partial charge is 0.309 e. The molecule has 1 aromatic rings. The molecule has 2 rings (SSSR count). The molecule has 0 aromatic carbocycles. The van der Waals surface area contributed by atoms with Crippen LogP contribution in [0.25, 0.3) is 5.57 Å². The number of nitrogens with zero attached hydrogens (tertiary/aromatic N) is 2. The minimum Gasteiger partial charge on any atom is -0.309 e. The van der Waals surface area contributed by atoms with Gasteiger partial charge in [-0.3, -0.25) is 4.98 Å². The van der Waals surface area contributed by atoms with Gasteiger partial charge in [0, 0.05) is 18.9 Å². The number of hydrogen-bond donors (Lipinski definition) is 0. The van der Waals surface area contributed by atoms with Crippen LogP contribution < -0.4 is 0 Å². The Morgan fingerprint density at radius 1 is 1.22 bits per heavy atom. The normalized spacial score (nSPS) is 19.9. The summed E-state index contributed by atoms with van der Waals surface area (Å²) in [5, 5.41) is 0. The molecular formula is C15H23ClN2. The molecule has 1 aliphatic rings. The summed E-state index contributed by atoms with van der Waals surface area (Å²) in [6.07, 6.45) is 11.5. The van der Waals surface area contributed by atoms with Crippen molar-refractivity contribution in [2.24, 2.45) is 5.92 Å². The van der Waals surface area contributed by atoms with Crippen LogP contribution in [0.2, 0.25) is 0 Å². The first-order valence-corrected chi connectivity index (χ1v) is 6.52. The molecule has 1 atom stereocenters. The van der Waals surface area contributed by atoms with E-state index < -0.39 is 0 Å². The van der Waals surface area contributed by atoms with Crippen molar-refractivity contribution in [2.45, 2.75) is 25.7 Å². The Morgan fingerprint density at radius 2 is 1.94 bits per heavy atom. The van der Waals surface area contributed by atoms with Crippen LogP contribution in [0.5, 0.6) is 0 Å². The fourth-order valence-electron chi connectivity index (χ4n) is 2.64. The third kappa shape index (κ3) is 4.11. The summed E-state index contributed by atoms with van der Waals surface area (Å²) in [5.41, 5.74) is 2.88. The summed E-state index contributed by atoms with van der Waals surface area (Å²) in [5.74, 6) is 0.676. The van der Waals surface area contributed by atoms with Gasteiger partial charge in [-0.25, -0.2) is 0 Å². The van der Waals surface area contributed by atoms with Crippen LogP contribution >= 0.6 is 12.4 Å². The second-order valence-corrected chi connectivity index (χ2v) is 5.14. The van der Waals surface area contributed by atoms with Crippen molar-refractivity contribution in [3.63, 3.8) is 0 Å². The summed E-state index contributed by atoms with van der Waals surface area (Å²) < 4.78 is 0. The maximum absolute atomic E-state index is 4.11. The molecule has 1 aromatic heterocycles. The van der Waals surface area contributed by atoms with Crippen LogP contribution in [0, 0.1) is 5.92 Å². The van der Waals surface area contributed by atoms with E-state index in [0.29, 0.717) is 5.92 Å². The molecule has 2 nitrogen and oxygen atoms in total. The summed E-state index contributed by atoms with van der Waals surface area (Å²) in [6, 6.07) is 4.28. The Balaban J connectivity index is 0.00000162. The number of pyridine rings is 1. The van der Waals surface area contributed by atoms with Gasteiger partial charge in [-0.05, 0) is 62.5 Å². The highest BCUT2D eigenvalue weighted by Gasteiger charge is 2.18. The molecule has 0 saturated carbocycles. The fourth-order valence-corrected chi connectivity index (χ4v) is 2.64. The molecule has 100 valence electrons. The summed E-state index contributed by atoms with van der Waals surface area (Å²) in [4.78, 5) is 6.41. The average Bonchev–Trinajstić information content (AvgIpc) is 2.55. The molecule has 0 aliphatic heterocycles. The van der Waals surface area contributed by atoms with Gasteiger partial charge in [-0.2, -0.15) is 0 Å². The molecule has 3 heteroatoms. The lowest BCUT2D eigenvalue weighted by molar-refractivity contribution is 0.352. The molecule has 0 fully saturated rings. The van der Waals surface area contributed by atoms with Crippen LogP contribution in [-0.4, -0.2) is 30.5 Å². The molecule has 1 unspecified atom stereocenters. The molecule has 0 amide bonds. The smallest absolute Gasteiger partial charge is 0.0273 e. The quantitative estimate of drug-likeness (QED) is 0.830. The second kappa shape index (κ2) is 7.55. The van der Waals surface area contributed by atoms with E-state index in [4.69, 9.17) is 0 Å². The van der Waals surface area contributed by atoms with Gasteiger partial charge in [0.15, 0.2) is 0 Å². The Bertz CT molecular complexity index is 373. The lowest BCUT2D eigenvalue weighted by atomic mass is 9.90. The molecule has 1 heterocycles. The highest BCUT2D eigenvalue weighted by Crippen LogP contribution is 2.31. The van der Waals surface area contributed by atoms with Crippen molar-refractivity contribution >= 4 is 18.0 Å². The molecular weight excluding hydrogens is 244 g/mol. The Kier molecular flexibility index (Phi) is 6.37. The van der Waals surface area contributed by atoms with Gasteiger partial charge in [0.1, 0.15) is 0 Å². The summed E-state index contributed by atoms with van der Waals surface area (Å²) in [7, 11) is 4.32. The maximum Gasteiger partial charge on any atom is 0.0273 e. The number of aromatic nitrogens is 1. The lowest BCUT2D eigenvalue weighted by Gasteiger charge is -2.23. The predicted molar refractivity (Wildman–Crippen MR) is 80.0 cm³/mol. The molecule has 0 spiro atoms. The van der Waals surface area contributed by atoms with Gasteiger partial charge in [-0.1, -0.05) is 12.5 Å². The van der Waals surface area contributed by atoms with Crippen molar-refractivity contribution in [2.75, 3.05) is 20.6 Å². The minimum atomic E-state index is 0. The van der Waals surface area contributed by atoms with Crippen LogP contribution in [0.15, 0.2) is 30.6 Å². The predicted octanol–water partition coefficient (Wildman–Crippen LogP) is 3.64. The van der Waals surface area contributed by atoms with Crippen molar-refractivity contribution in [1.29, 1.82) is 0 Å². The van der Waals surface area contributed by atoms with Crippen LogP contribution in [-0.2, 0) is 0 Å². The van der Waals surface area contributed by atoms with Crippen molar-refractivity contribution in [3.05, 3.63) is 36.2 Å².